The average Bonchev–Trinajstić information content (AvgIpc) is 2.64. The van der Waals surface area contributed by atoms with Crippen LogP contribution in [-0.2, 0) is 0 Å². The average molecular weight is 404 g/mol. The minimum Gasteiger partial charge on any atom is -0.388 e. The first-order valence-electron chi connectivity index (χ1n) is 9.64. The smallest absolute Gasteiger partial charge is 0.322 e. The van der Waals surface area contributed by atoms with E-state index in [1.165, 1.54) is 12.1 Å². The number of aromatic nitrogens is 2. The number of aryl methyl sites for hydroxylation is 1. The molecular weight excluding hydrogens is 378 g/mol. The summed E-state index contributed by atoms with van der Waals surface area (Å²) in [6.07, 6.45) is 3.55. The van der Waals surface area contributed by atoms with Crippen molar-refractivity contribution in [2.24, 2.45) is 5.92 Å². The number of anilines is 1. The van der Waals surface area contributed by atoms with E-state index < -0.39 is 23.3 Å². The minimum absolute atomic E-state index is 0.0170. The molecule has 2 heterocycles. The third kappa shape index (κ3) is 4.70. The lowest BCUT2D eigenvalue weighted by atomic mass is 9.84. The molecule has 0 bridgehead atoms. The minimum atomic E-state index is -1.08. The SMILES string of the molecule is Cc1cc(F)c(NC(=O)N2CCC(C)CC2C(C)(C)O)cc1-c1ncc(F)cn1. The highest BCUT2D eigenvalue weighted by Gasteiger charge is 2.39. The molecule has 8 heteroatoms. The summed E-state index contributed by atoms with van der Waals surface area (Å²) in [5.41, 5.74) is -0.0387. The number of rotatable bonds is 3. The zero-order valence-electron chi connectivity index (χ0n) is 17.0. The molecule has 6 nitrogen and oxygen atoms in total. The number of urea groups is 1. The largest absolute Gasteiger partial charge is 0.388 e. The molecule has 2 N–H and O–H groups in total. The van der Waals surface area contributed by atoms with Crippen molar-refractivity contribution in [2.75, 3.05) is 11.9 Å². The van der Waals surface area contributed by atoms with E-state index in [4.69, 9.17) is 0 Å². The molecule has 2 aromatic rings. The van der Waals surface area contributed by atoms with E-state index >= 15 is 0 Å². The molecule has 1 saturated heterocycles. The fourth-order valence-electron chi connectivity index (χ4n) is 3.70. The number of carbonyl (C=O) groups is 1. The van der Waals surface area contributed by atoms with Crippen molar-refractivity contribution in [1.82, 2.24) is 14.9 Å². The summed E-state index contributed by atoms with van der Waals surface area (Å²) in [5, 5.41) is 13.1. The molecule has 0 aliphatic carbocycles. The van der Waals surface area contributed by atoms with Gasteiger partial charge in [-0.2, -0.15) is 0 Å². The lowest BCUT2D eigenvalue weighted by molar-refractivity contribution is -0.0269. The Bertz CT molecular complexity index is 897. The summed E-state index contributed by atoms with van der Waals surface area (Å²) < 4.78 is 27.7. The summed E-state index contributed by atoms with van der Waals surface area (Å²) in [7, 11) is 0. The normalized spacial score (nSPS) is 19.9. The number of piperidine rings is 1. The zero-order valence-corrected chi connectivity index (χ0v) is 17.0. The van der Waals surface area contributed by atoms with Gasteiger partial charge in [-0.3, -0.25) is 0 Å². The van der Waals surface area contributed by atoms with Gasteiger partial charge in [-0.15, -0.1) is 0 Å². The number of benzene rings is 1. The highest BCUT2D eigenvalue weighted by atomic mass is 19.1. The van der Waals surface area contributed by atoms with E-state index in [1.54, 1.807) is 25.7 Å². The molecule has 2 amide bonds. The highest BCUT2D eigenvalue weighted by molar-refractivity contribution is 5.90. The Hall–Kier alpha value is -2.61. The van der Waals surface area contributed by atoms with Crippen molar-refractivity contribution in [3.63, 3.8) is 0 Å². The fourth-order valence-corrected chi connectivity index (χ4v) is 3.70. The molecule has 0 radical (unpaired) electrons. The number of likely N-dealkylation sites (tertiary alicyclic amines) is 1. The lowest BCUT2D eigenvalue weighted by Gasteiger charge is -2.44. The third-order valence-corrected chi connectivity index (χ3v) is 5.36. The van der Waals surface area contributed by atoms with Crippen LogP contribution in [0.15, 0.2) is 24.5 Å². The quantitative estimate of drug-likeness (QED) is 0.806. The van der Waals surface area contributed by atoms with Crippen molar-refractivity contribution in [1.29, 1.82) is 0 Å². The van der Waals surface area contributed by atoms with E-state index in [0.29, 0.717) is 30.0 Å². The second-order valence-electron chi connectivity index (χ2n) is 8.29. The molecule has 1 aromatic heterocycles. The summed E-state index contributed by atoms with van der Waals surface area (Å²) >= 11 is 0. The molecule has 1 aliphatic heterocycles. The van der Waals surface area contributed by atoms with Gasteiger partial charge in [0.05, 0.1) is 29.7 Å². The first-order chi connectivity index (χ1) is 13.6. The van der Waals surface area contributed by atoms with Crippen LogP contribution in [0.3, 0.4) is 0 Å². The summed E-state index contributed by atoms with van der Waals surface area (Å²) in [4.78, 5) is 22.4. The van der Waals surface area contributed by atoms with Crippen molar-refractivity contribution >= 4 is 11.7 Å². The Morgan fingerprint density at radius 3 is 2.55 bits per heavy atom. The Balaban J connectivity index is 1.88. The predicted octanol–water partition coefficient (Wildman–Crippen LogP) is 4.13. The molecule has 29 heavy (non-hydrogen) atoms. The van der Waals surface area contributed by atoms with Crippen LogP contribution in [0, 0.1) is 24.5 Å². The van der Waals surface area contributed by atoms with Crippen LogP contribution in [0.4, 0.5) is 19.3 Å². The van der Waals surface area contributed by atoms with Crippen LogP contribution in [0.25, 0.3) is 11.4 Å². The van der Waals surface area contributed by atoms with Crippen molar-refractivity contribution in [3.05, 3.63) is 41.7 Å². The molecule has 1 aromatic carbocycles. The maximum atomic E-state index is 14.5. The van der Waals surface area contributed by atoms with Gasteiger partial charge >= 0.3 is 6.03 Å². The fraction of sp³-hybridized carbons (Fsp3) is 0.476. The van der Waals surface area contributed by atoms with Gasteiger partial charge < -0.3 is 15.3 Å². The van der Waals surface area contributed by atoms with Crippen LogP contribution < -0.4 is 5.32 Å². The Morgan fingerprint density at radius 1 is 1.28 bits per heavy atom. The van der Waals surface area contributed by atoms with Gasteiger partial charge in [0, 0.05) is 12.1 Å². The van der Waals surface area contributed by atoms with Crippen molar-refractivity contribution in [2.45, 2.75) is 52.2 Å². The maximum Gasteiger partial charge on any atom is 0.322 e. The van der Waals surface area contributed by atoms with E-state index in [-0.39, 0.29) is 17.6 Å². The topological polar surface area (TPSA) is 78.4 Å². The van der Waals surface area contributed by atoms with Gasteiger partial charge in [0.1, 0.15) is 5.82 Å². The predicted molar refractivity (Wildman–Crippen MR) is 106 cm³/mol. The maximum absolute atomic E-state index is 14.5. The number of halogens is 2. The van der Waals surface area contributed by atoms with E-state index in [0.717, 1.165) is 18.8 Å². The van der Waals surface area contributed by atoms with Crippen LogP contribution in [-0.4, -0.2) is 44.2 Å². The summed E-state index contributed by atoms with van der Waals surface area (Å²) in [6, 6.07) is 1.88. The first kappa shape index (κ1) is 21.1. The number of hydrogen-bond acceptors (Lipinski definition) is 4. The van der Waals surface area contributed by atoms with Gasteiger partial charge in [0.15, 0.2) is 11.6 Å². The molecule has 2 unspecified atom stereocenters. The number of aliphatic hydroxyl groups is 1. The van der Waals surface area contributed by atoms with Crippen molar-refractivity contribution < 1.29 is 18.7 Å². The van der Waals surface area contributed by atoms with Gasteiger partial charge in [-0.05, 0) is 57.2 Å². The Kier molecular flexibility index (Phi) is 5.84. The number of hydrogen-bond donors (Lipinski definition) is 2. The van der Waals surface area contributed by atoms with Crippen molar-refractivity contribution in [3.8, 4) is 11.4 Å². The van der Waals surface area contributed by atoms with Crippen LogP contribution in [0.2, 0.25) is 0 Å². The Labute approximate surface area is 169 Å². The second-order valence-corrected chi connectivity index (χ2v) is 8.29. The molecular formula is C21H26F2N4O2. The number of carbonyl (C=O) groups excluding carboxylic acids is 1. The summed E-state index contributed by atoms with van der Waals surface area (Å²) in [5.74, 6) is -0.541. The second kappa shape index (κ2) is 8.02. The first-order valence-corrected chi connectivity index (χ1v) is 9.64. The summed E-state index contributed by atoms with van der Waals surface area (Å²) in [6.45, 7) is 7.59. The molecule has 0 spiro atoms. The molecule has 0 saturated carbocycles. The molecule has 2 atom stereocenters. The van der Waals surface area contributed by atoms with Crippen LogP contribution in [0.5, 0.6) is 0 Å². The Morgan fingerprint density at radius 2 is 1.93 bits per heavy atom. The monoisotopic (exact) mass is 404 g/mol. The molecule has 1 aliphatic rings. The van der Waals surface area contributed by atoms with Gasteiger partial charge in [-0.1, -0.05) is 6.92 Å². The lowest BCUT2D eigenvalue weighted by Crippen LogP contribution is -2.56. The van der Waals surface area contributed by atoms with Gasteiger partial charge in [-0.25, -0.2) is 23.5 Å². The van der Waals surface area contributed by atoms with Crippen LogP contribution in [0.1, 0.15) is 39.2 Å². The van der Waals surface area contributed by atoms with Gasteiger partial charge in [0.25, 0.3) is 0 Å². The number of nitrogens with one attached hydrogen (secondary N) is 1. The zero-order chi connectivity index (χ0) is 21.3. The van der Waals surface area contributed by atoms with E-state index in [1.807, 2.05) is 0 Å². The van der Waals surface area contributed by atoms with E-state index in [2.05, 4.69) is 22.2 Å². The van der Waals surface area contributed by atoms with E-state index in [9.17, 15) is 18.7 Å². The number of amides is 2. The molecule has 1 fully saturated rings. The van der Waals surface area contributed by atoms with Crippen LogP contribution >= 0.6 is 0 Å². The standard InChI is InChI=1S/C21H26F2N4O2/c1-12-5-6-27(18(7-12)21(3,4)29)20(28)26-17-9-15(13(2)8-16(17)23)19-24-10-14(22)11-25-19/h8-12,18,29H,5-7H2,1-4H3,(H,26,28). The molecule has 3 rings (SSSR count). The number of nitrogens with zero attached hydrogens (tertiary/aromatic N) is 3. The third-order valence-electron chi connectivity index (χ3n) is 5.36. The van der Waals surface area contributed by atoms with Gasteiger partial charge in [0.2, 0.25) is 0 Å². The molecule has 156 valence electrons. The highest BCUT2D eigenvalue weighted by Crippen LogP contribution is 2.31.